The van der Waals surface area contributed by atoms with Crippen LogP contribution in [-0.2, 0) is 16.1 Å². The summed E-state index contributed by atoms with van der Waals surface area (Å²) in [5.41, 5.74) is 1.42. The number of amides is 1. The lowest BCUT2D eigenvalue weighted by Gasteiger charge is -2.14. The minimum Gasteiger partial charge on any atom is -0.481 e. The smallest absolute Gasteiger partial charge is 0.407 e. The third-order valence-electron chi connectivity index (χ3n) is 3.23. The highest BCUT2D eigenvalue weighted by atomic mass is 35.5. The maximum Gasteiger partial charge on any atom is 0.407 e. The lowest BCUT2D eigenvalue weighted by atomic mass is 9.99. The summed E-state index contributed by atoms with van der Waals surface area (Å²) in [6.45, 7) is 0.0654. The summed E-state index contributed by atoms with van der Waals surface area (Å²) in [6, 6.07) is 15.7. The summed E-state index contributed by atoms with van der Waals surface area (Å²) in [4.78, 5) is 23.0. The molecule has 120 valence electrons. The van der Waals surface area contributed by atoms with Crippen LogP contribution in [0.1, 0.15) is 17.0 Å². The molecule has 0 aliphatic heterocycles. The highest BCUT2D eigenvalue weighted by molar-refractivity contribution is 6.30. The number of carbonyl (C=O) groups is 2. The van der Waals surface area contributed by atoms with Crippen LogP contribution in [0.3, 0.4) is 0 Å². The van der Waals surface area contributed by atoms with Gasteiger partial charge < -0.3 is 15.2 Å². The largest absolute Gasteiger partial charge is 0.481 e. The summed E-state index contributed by atoms with van der Waals surface area (Å²) in [7, 11) is 0. The Hall–Kier alpha value is -2.53. The third kappa shape index (κ3) is 5.30. The number of hydrogen-bond acceptors (Lipinski definition) is 3. The molecule has 0 spiro atoms. The Labute approximate surface area is 138 Å². The number of ether oxygens (including phenoxy) is 1. The van der Waals surface area contributed by atoms with Crippen molar-refractivity contribution in [3.8, 4) is 0 Å². The molecule has 1 amide bonds. The van der Waals surface area contributed by atoms with E-state index in [-0.39, 0.29) is 13.2 Å². The molecule has 2 rings (SSSR count). The van der Waals surface area contributed by atoms with Gasteiger partial charge in [0.1, 0.15) is 6.61 Å². The van der Waals surface area contributed by atoms with Crippen molar-refractivity contribution in [2.75, 3.05) is 6.54 Å². The lowest BCUT2D eigenvalue weighted by Crippen LogP contribution is -2.32. The summed E-state index contributed by atoms with van der Waals surface area (Å²) < 4.78 is 5.05. The van der Waals surface area contributed by atoms with Crippen LogP contribution in [-0.4, -0.2) is 23.7 Å². The molecule has 0 aliphatic rings. The van der Waals surface area contributed by atoms with Gasteiger partial charge >= 0.3 is 12.1 Å². The predicted octanol–water partition coefficient (Wildman–Crippen LogP) is 3.43. The number of benzene rings is 2. The number of halogens is 1. The summed E-state index contributed by atoms with van der Waals surface area (Å²) in [5.74, 6) is -1.90. The van der Waals surface area contributed by atoms with E-state index in [0.29, 0.717) is 10.6 Å². The van der Waals surface area contributed by atoms with E-state index in [1.807, 2.05) is 30.3 Å². The first-order valence-electron chi connectivity index (χ1n) is 6.99. The Morgan fingerprint density at radius 3 is 2.35 bits per heavy atom. The van der Waals surface area contributed by atoms with E-state index >= 15 is 0 Å². The van der Waals surface area contributed by atoms with Crippen LogP contribution in [0.25, 0.3) is 0 Å². The van der Waals surface area contributed by atoms with Crippen molar-refractivity contribution < 1.29 is 19.4 Å². The van der Waals surface area contributed by atoms with Crippen molar-refractivity contribution in [1.29, 1.82) is 0 Å². The van der Waals surface area contributed by atoms with Crippen LogP contribution in [0, 0.1) is 0 Å². The average Bonchev–Trinajstić information content (AvgIpc) is 2.55. The molecule has 2 aromatic rings. The van der Waals surface area contributed by atoms with E-state index in [2.05, 4.69) is 5.32 Å². The van der Waals surface area contributed by atoms with Crippen LogP contribution >= 0.6 is 11.6 Å². The molecular weight excluding hydrogens is 318 g/mol. The Morgan fingerprint density at radius 2 is 1.74 bits per heavy atom. The molecule has 1 atom stereocenters. The highest BCUT2D eigenvalue weighted by Crippen LogP contribution is 2.18. The van der Waals surface area contributed by atoms with Gasteiger partial charge in [-0.25, -0.2) is 4.79 Å². The predicted molar refractivity (Wildman–Crippen MR) is 86.5 cm³/mol. The first kappa shape index (κ1) is 16.8. The monoisotopic (exact) mass is 333 g/mol. The van der Waals surface area contributed by atoms with Gasteiger partial charge in [0.2, 0.25) is 0 Å². The Morgan fingerprint density at radius 1 is 1.09 bits per heavy atom. The second-order valence-corrected chi connectivity index (χ2v) is 5.32. The zero-order valence-electron chi connectivity index (χ0n) is 12.2. The number of hydrogen-bond donors (Lipinski definition) is 2. The third-order valence-corrected chi connectivity index (χ3v) is 3.49. The van der Waals surface area contributed by atoms with Gasteiger partial charge in [0.15, 0.2) is 0 Å². The van der Waals surface area contributed by atoms with Crippen LogP contribution in [0.2, 0.25) is 5.02 Å². The van der Waals surface area contributed by atoms with Crippen LogP contribution in [0.15, 0.2) is 54.6 Å². The second kappa shape index (κ2) is 8.19. The van der Waals surface area contributed by atoms with Crippen molar-refractivity contribution >= 4 is 23.7 Å². The number of alkyl carbamates (subject to hydrolysis) is 1. The maximum absolute atomic E-state index is 11.7. The molecule has 1 unspecified atom stereocenters. The Kier molecular flexibility index (Phi) is 6.00. The summed E-state index contributed by atoms with van der Waals surface area (Å²) in [5, 5.41) is 12.3. The van der Waals surface area contributed by atoms with Crippen molar-refractivity contribution in [1.82, 2.24) is 5.32 Å². The van der Waals surface area contributed by atoms with Crippen LogP contribution in [0.5, 0.6) is 0 Å². The van der Waals surface area contributed by atoms with Gasteiger partial charge in [-0.15, -0.1) is 0 Å². The molecule has 5 nitrogen and oxygen atoms in total. The number of nitrogens with one attached hydrogen (secondary N) is 1. The standard InChI is InChI=1S/C17H16ClNO4/c18-14-8-6-13(7-9-14)15(16(20)21)10-19-17(22)23-11-12-4-2-1-3-5-12/h1-9,15H,10-11H2,(H,19,22)(H,20,21). The van der Waals surface area contributed by atoms with E-state index < -0.39 is 18.0 Å². The molecule has 0 radical (unpaired) electrons. The number of carbonyl (C=O) groups excluding carboxylic acids is 1. The van der Waals surface area contributed by atoms with E-state index in [1.54, 1.807) is 24.3 Å². The first-order valence-corrected chi connectivity index (χ1v) is 7.37. The molecule has 0 saturated heterocycles. The molecule has 2 aromatic carbocycles. The first-order chi connectivity index (χ1) is 11.1. The molecule has 0 saturated carbocycles. The van der Waals surface area contributed by atoms with Crippen molar-refractivity contribution in [2.24, 2.45) is 0 Å². The van der Waals surface area contributed by atoms with Crippen molar-refractivity contribution in [3.63, 3.8) is 0 Å². The zero-order chi connectivity index (χ0) is 16.7. The fourth-order valence-electron chi connectivity index (χ4n) is 2.00. The molecular formula is C17H16ClNO4. The van der Waals surface area contributed by atoms with Gasteiger partial charge in [0, 0.05) is 11.6 Å². The fraction of sp³-hybridized carbons (Fsp3) is 0.176. The van der Waals surface area contributed by atoms with Gasteiger partial charge in [-0.3, -0.25) is 4.79 Å². The molecule has 0 heterocycles. The zero-order valence-corrected chi connectivity index (χ0v) is 13.0. The molecule has 0 fully saturated rings. The number of aliphatic carboxylic acids is 1. The average molecular weight is 334 g/mol. The fourth-order valence-corrected chi connectivity index (χ4v) is 2.13. The minimum absolute atomic E-state index is 0.0649. The van der Waals surface area contributed by atoms with Crippen molar-refractivity contribution in [2.45, 2.75) is 12.5 Å². The molecule has 0 aromatic heterocycles. The molecule has 23 heavy (non-hydrogen) atoms. The maximum atomic E-state index is 11.7. The Bertz CT molecular complexity index is 658. The van der Waals surface area contributed by atoms with Gasteiger partial charge in [-0.2, -0.15) is 0 Å². The topological polar surface area (TPSA) is 75.6 Å². The van der Waals surface area contributed by atoms with Gasteiger partial charge in [-0.05, 0) is 23.3 Å². The molecule has 6 heteroatoms. The molecule has 0 aliphatic carbocycles. The van der Waals surface area contributed by atoms with Gasteiger partial charge in [0.25, 0.3) is 0 Å². The summed E-state index contributed by atoms with van der Waals surface area (Å²) in [6.07, 6.45) is -0.658. The number of carboxylic acid groups (broad SMARTS) is 1. The number of carboxylic acids is 1. The van der Waals surface area contributed by atoms with Crippen LogP contribution < -0.4 is 5.32 Å². The van der Waals surface area contributed by atoms with Crippen LogP contribution in [0.4, 0.5) is 4.79 Å². The van der Waals surface area contributed by atoms with Crippen molar-refractivity contribution in [3.05, 3.63) is 70.7 Å². The van der Waals surface area contributed by atoms with E-state index in [4.69, 9.17) is 16.3 Å². The normalized spacial score (nSPS) is 11.5. The lowest BCUT2D eigenvalue weighted by molar-refractivity contribution is -0.138. The van der Waals surface area contributed by atoms with Gasteiger partial charge in [-0.1, -0.05) is 54.1 Å². The SMILES string of the molecule is O=C(NCC(C(=O)O)c1ccc(Cl)cc1)OCc1ccccc1. The minimum atomic E-state index is -1.03. The van der Waals surface area contributed by atoms with E-state index in [1.165, 1.54) is 0 Å². The van der Waals surface area contributed by atoms with E-state index in [9.17, 15) is 14.7 Å². The second-order valence-electron chi connectivity index (χ2n) is 4.89. The molecule has 0 bridgehead atoms. The van der Waals surface area contributed by atoms with E-state index in [0.717, 1.165) is 5.56 Å². The Balaban J connectivity index is 1.87. The quantitative estimate of drug-likeness (QED) is 0.849. The molecule has 2 N–H and O–H groups in total. The highest BCUT2D eigenvalue weighted by Gasteiger charge is 2.20. The number of rotatable bonds is 6. The summed E-state index contributed by atoms with van der Waals surface area (Å²) >= 11 is 5.79. The van der Waals surface area contributed by atoms with Gasteiger partial charge in [0.05, 0.1) is 5.92 Å².